The van der Waals surface area contributed by atoms with Gasteiger partial charge in [-0.25, -0.2) is 9.67 Å². The van der Waals surface area contributed by atoms with Gasteiger partial charge in [-0.3, -0.25) is 4.79 Å². The molecule has 0 aliphatic heterocycles. The number of fused-ring (bicyclic) bond motifs is 1. The molecule has 1 amide bonds. The van der Waals surface area contributed by atoms with E-state index in [4.69, 9.17) is 9.72 Å². The highest BCUT2D eigenvalue weighted by molar-refractivity contribution is 5.94. The van der Waals surface area contributed by atoms with Gasteiger partial charge in [0.25, 0.3) is 5.91 Å². The SMILES string of the molecule is CCn1nnnc1COc1ccc(C(=O)NCc2nc3ccccc3n2Cc2ccccc2)cc1. The van der Waals surface area contributed by atoms with E-state index in [2.05, 4.69) is 37.5 Å². The molecule has 3 aromatic carbocycles. The molecule has 0 aliphatic carbocycles. The number of carbonyl (C=O) groups excluding carboxylic acids is 1. The van der Waals surface area contributed by atoms with Crippen LogP contribution in [0.1, 0.15) is 34.5 Å². The normalized spacial score (nSPS) is 11.0. The van der Waals surface area contributed by atoms with Crippen LogP contribution in [0.5, 0.6) is 5.75 Å². The molecule has 2 aromatic heterocycles. The summed E-state index contributed by atoms with van der Waals surface area (Å²) in [5.41, 5.74) is 3.66. The van der Waals surface area contributed by atoms with Gasteiger partial charge in [0.2, 0.25) is 0 Å². The first-order chi connectivity index (χ1) is 17.2. The first-order valence-electron chi connectivity index (χ1n) is 11.5. The van der Waals surface area contributed by atoms with Crippen molar-refractivity contribution < 1.29 is 9.53 Å². The molecule has 2 heterocycles. The average Bonchev–Trinajstić information content (AvgIpc) is 3.51. The number of aromatic nitrogens is 6. The van der Waals surface area contributed by atoms with Gasteiger partial charge in [0.1, 0.15) is 18.2 Å². The van der Waals surface area contributed by atoms with Crippen molar-refractivity contribution in [2.45, 2.75) is 33.2 Å². The van der Waals surface area contributed by atoms with Crippen LogP contribution < -0.4 is 10.1 Å². The fraction of sp³-hybridized carbons (Fsp3) is 0.192. The average molecular weight is 468 g/mol. The molecule has 5 rings (SSSR count). The van der Waals surface area contributed by atoms with Gasteiger partial charge in [0, 0.05) is 18.7 Å². The lowest BCUT2D eigenvalue weighted by Crippen LogP contribution is -2.24. The van der Waals surface area contributed by atoms with Gasteiger partial charge in [0.05, 0.1) is 17.6 Å². The van der Waals surface area contributed by atoms with Crippen LogP contribution in [0.25, 0.3) is 11.0 Å². The molecule has 0 saturated heterocycles. The second-order valence-electron chi connectivity index (χ2n) is 8.00. The molecule has 176 valence electrons. The number of tetrazole rings is 1. The van der Waals surface area contributed by atoms with Gasteiger partial charge < -0.3 is 14.6 Å². The largest absolute Gasteiger partial charge is 0.486 e. The van der Waals surface area contributed by atoms with Gasteiger partial charge in [-0.15, -0.1) is 5.10 Å². The minimum Gasteiger partial charge on any atom is -0.486 e. The highest BCUT2D eigenvalue weighted by Crippen LogP contribution is 2.19. The minimum absolute atomic E-state index is 0.176. The maximum Gasteiger partial charge on any atom is 0.251 e. The first kappa shape index (κ1) is 22.3. The van der Waals surface area contributed by atoms with E-state index >= 15 is 0 Å². The molecule has 0 radical (unpaired) electrons. The third-order valence-corrected chi connectivity index (χ3v) is 5.71. The molecule has 0 saturated carbocycles. The fourth-order valence-electron chi connectivity index (χ4n) is 3.89. The number of benzene rings is 3. The Bertz CT molecular complexity index is 1430. The maximum atomic E-state index is 12.8. The van der Waals surface area contributed by atoms with Crippen LogP contribution in [0, 0.1) is 0 Å². The van der Waals surface area contributed by atoms with Crippen molar-refractivity contribution in [2.24, 2.45) is 0 Å². The van der Waals surface area contributed by atoms with Gasteiger partial charge >= 0.3 is 0 Å². The zero-order valence-electron chi connectivity index (χ0n) is 19.3. The summed E-state index contributed by atoms with van der Waals surface area (Å²) in [6.07, 6.45) is 0. The third-order valence-electron chi connectivity index (χ3n) is 5.71. The zero-order valence-corrected chi connectivity index (χ0v) is 19.3. The van der Waals surface area contributed by atoms with E-state index < -0.39 is 0 Å². The Morgan fingerprint density at radius 1 is 0.943 bits per heavy atom. The monoisotopic (exact) mass is 467 g/mol. The summed E-state index contributed by atoms with van der Waals surface area (Å²) in [5.74, 6) is 1.91. The molecule has 35 heavy (non-hydrogen) atoms. The van der Waals surface area contributed by atoms with E-state index in [1.807, 2.05) is 49.4 Å². The minimum atomic E-state index is -0.176. The smallest absolute Gasteiger partial charge is 0.251 e. The molecule has 0 bridgehead atoms. The molecule has 9 nitrogen and oxygen atoms in total. The summed E-state index contributed by atoms with van der Waals surface area (Å²) in [4.78, 5) is 17.6. The number of para-hydroxylation sites is 2. The number of nitrogens with one attached hydrogen (secondary N) is 1. The summed E-state index contributed by atoms with van der Waals surface area (Å²) in [6.45, 7) is 3.89. The topological polar surface area (TPSA) is 99.8 Å². The van der Waals surface area contributed by atoms with Gasteiger partial charge in [-0.1, -0.05) is 42.5 Å². The number of aryl methyl sites for hydroxylation is 1. The summed E-state index contributed by atoms with van der Waals surface area (Å²) in [6, 6.07) is 25.2. The number of imidazole rings is 1. The van der Waals surface area contributed by atoms with Crippen LogP contribution in [-0.4, -0.2) is 35.7 Å². The van der Waals surface area contributed by atoms with Gasteiger partial charge in [-0.2, -0.15) is 0 Å². The van der Waals surface area contributed by atoms with Crippen LogP contribution in [-0.2, 0) is 26.2 Å². The number of ether oxygens (including phenoxy) is 1. The Morgan fingerprint density at radius 2 is 1.71 bits per heavy atom. The number of nitrogens with zero attached hydrogens (tertiary/aromatic N) is 6. The number of carbonyl (C=O) groups is 1. The van der Waals surface area contributed by atoms with E-state index in [0.717, 1.165) is 16.9 Å². The number of hydrogen-bond donors (Lipinski definition) is 1. The van der Waals surface area contributed by atoms with Crippen molar-refractivity contribution in [3.63, 3.8) is 0 Å². The van der Waals surface area contributed by atoms with Crippen molar-refractivity contribution in [1.82, 2.24) is 35.1 Å². The number of rotatable bonds is 9. The van der Waals surface area contributed by atoms with Crippen LogP contribution in [0.4, 0.5) is 0 Å². The van der Waals surface area contributed by atoms with Gasteiger partial charge in [0.15, 0.2) is 5.82 Å². The quantitative estimate of drug-likeness (QED) is 0.356. The van der Waals surface area contributed by atoms with Gasteiger partial charge in [-0.05, 0) is 59.3 Å². The van der Waals surface area contributed by atoms with Crippen molar-refractivity contribution in [2.75, 3.05) is 0 Å². The Kier molecular flexibility index (Phi) is 6.47. The molecule has 0 atom stereocenters. The summed E-state index contributed by atoms with van der Waals surface area (Å²) >= 11 is 0. The van der Waals surface area contributed by atoms with E-state index in [0.29, 0.717) is 36.8 Å². The highest BCUT2D eigenvalue weighted by atomic mass is 16.5. The van der Waals surface area contributed by atoms with Crippen molar-refractivity contribution in [1.29, 1.82) is 0 Å². The fourth-order valence-corrected chi connectivity index (χ4v) is 3.89. The molecule has 0 fully saturated rings. The standard InChI is InChI=1S/C26H25N7O2/c1-2-33-25(29-30-31-33)18-35-21-14-12-20(13-15-21)26(34)27-16-24-28-22-10-6-7-11-23(22)32(24)17-19-8-4-3-5-9-19/h3-15H,2,16-18H2,1H3,(H,27,34). The Hall–Kier alpha value is -4.53. The molecule has 5 aromatic rings. The molecule has 0 spiro atoms. The molecule has 0 aliphatic rings. The summed E-state index contributed by atoms with van der Waals surface area (Å²) in [5, 5.41) is 14.5. The number of hydrogen-bond acceptors (Lipinski definition) is 6. The highest BCUT2D eigenvalue weighted by Gasteiger charge is 2.13. The molecule has 1 N–H and O–H groups in total. The van der Waals surface area contributed by atoms with Crippen molar-refractivity contribution in [3.8, 4) is 5.75 Å². The lowest BCUT2D eigenvalue weighted by atomic mass is 10.2. The number of amides is 1. The van der Waals surface area contributed by atoms with E-state index in [9.17, 15) is 4.79 Å². The summed E-state index contributed by atoms with van der Waals surface area (Å²) in [7, 11) is 0. The Balaban J connectivity index is 1.25. The zero-order chi connectivity index (χ0) is 24.0. The van der Waals surface area contributed by atoms with Crippen LogP contribution >= 0.6 is 0 Å². The van der Waals surface area contributed by atoms with Crippen LogP contribution in [0.15, 0.2) is 78.9 Å². The third kappa shape index (κ3) is 5.03. The van der Waals surface area contributed by atoms with E-state index in [1.165, 1.54) is 5.56 Å². The molecule has 0 unspecified atom stereocenters. The molecular weight excluding hydrogens is 442 g/mol. The van der Waals surface area contributed by atoms with E-state index in [-0.39, 0.29) is 12.5 Å². The first-order valence-corrected chi connectivity index (χ1v) is 11.5. The molecular formula is C26H25N7O2. The predicted octanol–water partition coefficient (Wildman–Crippen LogP) is 3.60. The Morgan fingerprint density at radius 3 is 2.51 bits per heavy atom. The van der Waals surface area contributed by atoms with E-state index in [1.54, 1.807) is 28.9 Å². The maximum absolute atomic E-state index is 12.8. The van der Waals surface area contributed by atoms with Crippen LogP contribution in [0.2, 0.25) is 0 Å². The van der Waals surface area contributed by atoms with Crippen molar-refractivity contribution >= 4 is 16.9 Å². The Labute approximate surface area is 202 Å². The summed E-state index contributed by atoms with van der Waals surface area (Å²) < 4.78 is 9.57. The van der Waals surface area contributed by atoms with Crippen LogP contribution in [0.3, 0.4) is 0 Å². The molecule has 9 heteroatoms. The second kappa shape index (κ2) is 10.2. The second-order valence-corrected chi connectivity index (χ2v) is 8.00. The lowest BCUT2D eigenvalue weighted by molar-refractivity contribution is 0.0949. The van der Waals surface area contributed by atoms with Crippen molar-refractivity contribution in [3.05, 3.63) is 102 Å². The lowest BCUT2D eigenvalue weighted by Gasteiger charge is -2.11. The predicted molar refractivity (Wildman–Crippen MR) is 131 cm³/mol.